The van der Waals surface area contributed by atoms with Crippen LogP contribution in [0.5, 0.6) is 11.5 Å². The van der Waals surface area contributed by atoms with E-state index in [-0.39, 0.29) is 17.1 Å². The lowest BCUT2D eigenvalue weighted by molar-refractivity contribution is -0.0503. The molecule has 0 aromatic heterocycles. The summed E-state index contributed by atoms with van der Waals surface area (Å²) in [5, 5.41) is -0.719. The molecule has 6 heteroatoms. The van der Waals surface area contributed by atoms with E-state index in [1.165, 1.54) is 26.2 Å². The second kappa shape index (κ2) is 5.12. The lowest BCUT2D eigenvalue weighted by atomic mass is 10.1. The molecule has 0 unspecified atom stereocenters. The van der Waals surface area contributed by atoms with Crippen LogP contribution in [0.3, 0.4) is 0 Å². The molecule has 1 aromatic rings. The summed E-state index contributed by atoms with van der Waals surface area (Å²) in [4.78, 5) is 11.0. The van der Waals surface area contributed by atoms with Gasteiger partial charge in [0, 0.05) is 5.56 Å². The van der Waals surface area contributed by atoms with E-state index in [9.17, 15) is 13.6 Å². The molecule has 0 bridgehead atoms. The minimum Gasteiger partial charge on any atom is -0.496 e. The SMILES string of the molecule is COc1c(C(=O)Cl)ccc(OC(F)F)c1C. The summed E-state index contributed by atoms with van der Waals surface area (Å²) in [7, 11) is 1.32. The van der Waals surface area contributed by atoms with Gasteiger partial charge in [0.1, 0.15) is 11.5 Å². The smallest absolute Gasteiger partial charge is 0.387 e. The van der Waals surface area contributed by atoms with E-state index in [1.54, 1.807) is 0 Å². The van der Waals surface area contributed by atoms with E-state index < -0.39 is 11.9 Å². The zero-order valence-electron chi connectivity index (χ0n) is 8.59. The summed E-state index contributed by atoms with van der Waals surface area (Å²) in [6, 6.07) is 2.53. The molecule has 0 fully saturated rings. The van der Waals surface area contributed by atoms with Crippen molar-refractivity contribution in [2.75, 3.05) is 7.11 Å². The second-order valence-corrected chi connectivity index (χ2v) is 3.27. The fourth-order valence-corrected chi connectivity index (χ4v) is 1.46. The predicted molar refractivity (Wildman–Crippen MR) is 54.5 cm³/mol. The summed E-state index contributed by atoms with van der Waals surface area (Å²) in [5.74, 6) is 0.0895. The molecule has 0 spiro atoms. The molecule has 0 N–H and O–H groups in total. The molecule has 1 rings (SSSR count). The van der Waals surface area contributed by atoms with Crippen LogP contribution in [0.1, 0.15) is 15.9 Å². The van der Waals surface area contributed by atoms with Crippen molar-refractivity contribution in [2.24, 2.45) is 0 Å². The third-order valence-electron chi connectivity index (χ3n) is 1.99. The number of rotatable bonds is 4. The summed E-state index contributed by atoms with van der Waals surface area (Å²) in [6.07, 6.45) is 0. The molecule has 88 valence electrons. The zero-order valence-corrected chi connectivity index (χ0v) is 9.35. The normalized spacial score (nSPS) is 10.4. The zero-order chi connectivity index (χ0) is 12.3. The van der Waals surface area contributed by atoms with Crippen LogP contribution >= 0.6 is 11.6 Å². The maximum atomic E-state index is 12.0. The van der Waals surface area contributed by atoms with E-state index in [0.717, 1.165) is 0 Å². The lowest BCUT2D eigenvalue weighted by Crippen LogP contribution is -2.06. The van der Waals surface area contributed by atoms with E-state index in [2.05, 4.69) is 4.74 Å². The number of halogens is 3. The summed E-state index contributed by atoms with van der Waals surface area (Å²) in [5.41, 5.74) is 0.414. The van der Waals surface area contributed by atoms with Crippen LogP contribution in [0.15, 0.2) is 12.1 Å². The Balaban J connectivity index is 3.23. The van der Waals surface area contributed by atoms with Crippen molar-refractivity contribution < 1.29 is 23.0 Å². The fraction of sp³-hybridized carbons (Fsp3) is 0.300. The molecule has 0 atom stereocenters. The molecule has 0 radical (unpaired) electrons. The minimum atomic E-state index is -2.93. The molecule has 16 heavy (non-hydrogen) atoms. The van der Waals surface area contributed by atoms with Gasteiger partial charge in [-0.2, -0.15) is 8.78 Å². The number of carbonyl (C=O) groups is 1. The van der Waals surface area contributed by atoms with Gasteiger partial charge in [-0.1, -0.05) is 0 Å². The number of ether oxygens (including phenoxy) is 2. The van der Waals surface area contributed by atoms with E-state index in [0.29, 0.717) is 5.56 Å². The number of hydrogen-bond donors (Lipinski definition) is 0. The van der Waals surface area contributed by atoms with Crippen molar-refractivity contribution in [3.63, 3.8) is 0 Å². The largest absolute Gasteiger partial charge is 0.496 e. The maximum absolute atomic E-state index is 12.0. The minimum absolute atomic E-state index is 0.0477. The first-order chi connectivity index (χ1) is 7.47. The van der Waals surface area contributed by atoms with E-state index in [4.69, 9.17) is 16.3 Å². The van der Waals surface area contributed by atoms with Crippen LogP contribution in [-0.4, -0.2) is 19.0 Å². The van der Waals surface area contributed by atoms with Gasteiger partial charge in [-0.15, -0.1) is 0 Å². The van der Waals surface area contributed by atoms with Gasteiger partial charge < -0.3 is 9.47 Å². The quantitative estimate of drug-likeness (QED) is 0.771. The number of carbonyl (C=O) groups excluding carboxylic acids is 1. The van der Waals surface area contributed by atoms with Crippen molar-refractivity contribution in [2.45, 2.75) is 13.5 Å². The highest BCUT2D eigenvalue weighted by atomic mass is 35.5. The van der Waals surface area contributed by atoms with Crippen LogP contribution in [0.25, 0.3) is 0 Å². The third kappa shape index (κ3) is 2.61. The molecule has 0 aliphatic heterocycles. The van der Waals surface area contributed by atoms with Gasteiger partial charge in [-0.05, 0) is 30.7 Å². The highest BCUT2D eigenvalue weighted by molar-refractivity contribution is 6.68. The molecule has 0 saturated heterocycles. The first-order valence-corrected chi connectivity index (χ1v) is 4.67. The first-order valence-electron chi connectivity index (χ1n) is 4.29. The number of methoxy groups -OCH3 is 1. The Bertz CT molecular complexity index is 407. The number of benzene rings is 1. The van der Waals surface area contributed by atoms with Gasteiger partial charge in [0.15, 0.2) is 0 Å². The average Bonchev–Trinajstić information content (AvgIpc) is 2.19. The fourth-order valence-electron chi connectivity index (χ4n) is 1.32. The van der Waals surface area contributed by atoms with Crippen molar-refractivity contribution in [1.82, 2.24) is 0 Å². The van der Waals surface area contributed by atoms with Crippen molar-refractivity contribution >= 4 is 16.8 Å². The first kappa shape index (κ1) is 12.7. The van der Waals surface area contributed by atoms with Crippen molar-refractivity contribution in [3.8, 4) is 11.5 Å². The van der Waals surface area contributed by atoms with Gasteiger partial charge in [0.2, 0.25) is 0 Å². The Morgan fingerprint density at radius 1 is 1.44 bits per heavy atom. The highest BCUT2D eigenvalue weighted by Gasteiger charge is 2.17. The Morgan fingerprint density at radius 2 is 2.06 bits per heavy atom. The van der Waals surface area contributed by atoms with Crippen LogP contribution in [-0.2, 0) is 0 Å². The van der Waals surface area contributed by atoms with Crippen LogP contribution in [0.2, 0.25) is 0 Å². The molecule has 0 amide bonds. The lowest BCUT2D eigenvalue weighted by Gasteiger charge is -2.13. The summed E-state index contributed by atoms with van der Waals surface area (Å²) >= 11 is 5.31. The van der Waals surface area contributed by atoms with Gasteiger partial charge in [-0.25, -0.2) is 0 Å². The second-order valence-electron chi connectivity index (χ2n) is 2.92. The highest BCUT2D eigenvalue weighted by Crippen LogP contribution is 2.33. The molecule has 0 heterocycles. The standard InChI is InChI=1S/C10H9ClF2O3/c1-5-7(16-10(12)13)4-3-6(9(11)14)8(5)15-2/h3-4,10H,1-2H3. The van der Waals surface area contributed by atoms with Crippen molar-refractivity contribution in [3.05, 3.63) is 23.3 Å². The van der Waals surface area contributed by atoms with Gasteiger partial charge in [-0.3, -0.25) is 4.79 Å². The average molecular weight is 251 g/mol. The number of hydrogen-bond acceptors (Lipinski definition) is 3. The van der Waals surface area contributed by atoms with E-state index in [1.807, 2.05) is 0 Å². The summed E-state index contributed by atoms with van der Waals surface area (Å²) in [6.45, 7) is -1.43. The molecular formula is C10H9ClF2O3. The topological polar surface area (TPSA) is 35.5 Å². The molecule has 0 aliphatic carbocycles. The molecule has 3 nitrogen and oxygen atoms in total. The monoisotopic (exact) mass is 250 g/mol. The third-order valence-corrected chi connectivity index (χ3v) is 2.19. The Morgan fingerprint density at radius 3 is 2.50 bits per heavy atom. The van der Waals surface area contributed by atoms with Gasteiger partial charge in [0.05, 0.1) is 12.7 Å². The van der Waals surface area contributed by atoms with E-state index >= 15 is 0 Å². The molecule has 0 aliphatic rings. The molecule has 1 aromatic carbocycles. The summed E-state index contributed by atoms with van der Waals surface area (Å²) < 4.78 is 33.3. The van der Waals surface area contributed by atoms with Crippen LogP contribution in [0.4, 0.5) is 8.78 Å². The predicted octanol–water partition coefficient (Wildman–Crippen LogP) is 2.98. The van der Waals surface area contributed by atoms with Gasteiger partial charge in [0.25, 0.3) is 5.24 Å². The Kier molecular flexibility index (Phi) is 4.06. The number of alkyl halides is 2. The Hall–Kier alpha value is -1.36. The van der Waals surface area contributed by atoms with Crippen molar-refractivity contribution in [1.29, 1.82) is 0 Å². The molecule has 0 saturated carbocycles. The van der Waals surface area contributed by atoms with Gasteiger partial charge >= 0.3 is 6.61 Å². The van der Waals surface area contributed by atoms with Crippen LogP contribution < -0.4 is 9.47 Å². The Labute approximate surface area is 95.9 Å². The molecular weight excluding hydrogens is 242 g/mol. The van der Waals surface area contributed by atoms with Crippen LogP contribution in [0, 0.1) is 6.92 Å². The maximum Gasteiger partial charge on any atom is 0.387 e.